The van der Waals surface area contributed by atoms with E-state index in [1.54, 1.807) is 23.5 Å². The maximum absolute atomic E-state index is 10.7. The summed E-state index contributed by atoms with van der Waals surface area (Å²) in [7, 11) is 0. The fourth-order valence-electron chi connectivity index (χ4n) is 1.82. The van der Waals surface area contributed by atoms with Crippen molar-refractivity contribution in [2.45, 2.75) is 6.92 Å². The monoisotopic (exact) mass is 286 g/mol. The number of rotatable bonds is 3. The number of non-ortho nitro benzene ring substituents is 1. The average Bonchev–Trinajstić information content (AvgIpc) is 3.00. The molecular formula is C14H10N2O3S. The van der Waals surface area contributed by atoms with Crippen LogP contribution in [0.4, 0.5) is 5.69 Å². The molecule has 0 amide bonds. The minimum absolute atomic E-state index is 0.00966. The van der Waals surface area contributed by atoms with Crippen LogP contribution in [0, 0.1) is 17.0 Å². The first-order valence-corrected chi connectivity index (χ1v) is 6.78. The fourth-order valence-corrected chi connectivity index (χ4v) is 2.64. The summed E-state index contributed by atoms with van der Waals surface area (Å²) in [5, 5.41) is 12.7. The second-order valence-electron chi connectivity index (χ2n) is 4.26. The third-order valence-electron chi connectivity index (χ3n) is 2.88. The van der Waals surface area contributed by atoms with E-state index in [-0.39, 0.29) is 5.69 Å². The van der Waals surface area contributed by atoms with Crippen LogP contribution in [-0.2, 0) is 0 Å². The Morgan fingerprint density at radius 1 is 1.35 bits per heavy atom. The van der Waals surface area contributed by atoms with Crippen LogP contribution in [0.5, 0.6) is 0 Å². The molecule has 0 N–H and O–H groups in total. The van der Waals surface area contributed by atoms with Gasteiger partial charge < -0.3 is 4.42 Å². The lowest BCUT2D eigenvalue weighted by Crippen LogP contribution is -1.86. The van der Waals surface area contributed by atoms with Crippen LogP contribution in [0.15, 0.2) is 34.1 Å². The standard InChI is InChI=1S/C14H10N2O3S/c1-9-6-7-20-13(9)4-5-14-15-11-8-10(16(17)18)2-3-12(11)19-14/h2-8H,1H3/b5-4+. The van der Waals surface area contributed by atoms with Gasteiger partial charge in [0.25, 0.3) is 5.69 Å². The molecule has 0 aliphatic carbocycles. The number of aryl methyl sites for hydroxylation is 1. The Labute approximate surface area is 118 Å². The van der Waals surface area contributed by atoms with Crippen molar-refractivity contribution in [3.8, 4) is 0 Å². The van der Waals surface area contributed by atoms with E-state index in [1.807, 2.05) is 24.4 Å². The molecule has 6 heteroatoms. The Hall–Kier alpha value is -2.47. The van der Waals surface area contributed by atoms with Gasteiger partial charge in [0.05, 0.1) is 4.92 Å². The van der Waals surface area contributed by atoms with Crippen molar-refractivity contribution < 1.29 is 9.34 Å². The van der Waals surface area contributed by atoms with Crippen molar-refractivity contribution in [2.75, 3.05) is 0 Å². The summed E-state index contributed by atoms with van der Waals surface area (Å²) >= 11 is 1.64. The highest BCUT2D eigenvalue weighted by Crippen LogP contribution is 2.23. The number of thiophene rings is 1. The molecule has 2 heterocycles. The van der Waals surface area contributed by atoms with E-state index in [9.17, 15) is 10.1 Å². The number of aromatic nitrogens is 1. The zero-order chi connectivity index (χ0) is 14.1. The molecule has 0 atom stereocenters. The Morgan fingerprint density at radius 3 is 2.90 bits per heavy atom. The SMILES string of the molecule is Cc1ccsc1/C=C/c1nc2cc([N+](=O)[O-])ccc2o1. The lowest BCUT2D eigenvalue weighted by atomic mass is 10.3. The number of oxazole rings is 1. The van der Waals surface area contributed by atoms with Gasteiger partial charge in [0.1, 0.15) is 5.52 Å². The molecule has 5 nitrogen and oxygen atoms in total. The highest BCUT2D eigenvalue weighted by atomic mass is 32.1. The second kappa shape index (κ2) is 4.90. The Kier molecular flexibility index (Phi) is 3.08. The molecule has 0 fully saturated rings. The smallest absolute Gasteiger partial charge is 0.271 e. The summed E-state index contributed by atoms with van der Waals surface area (Å²) in [5.41, 5.74) is 2.23. The van der Waals surface area contributed by atoms with E-state index in [4.69, 9.17) is 4.42 Å². The molecule has 20 heavy (non-hydrogen) atoms. The molecule has 0 saturated carbocycles. The number of fused-ring (bicyclic) bond motifs is 1. The van der Waals surface area contributed by atoms with Crippen LogP contribution < -0.4 is 0 Å². The van der Waals surface area contributed by atoms with Gasteiger partial charge in [-0.15, -0.1) is 11.3 Å². The molecule has 100 valence electrons. The van der Waals surface area contributed by atoms with Crippen LogP contribution in [0.3, 0.4) is 0 Å². The summed E-state index contributed by atoms with van der Waals surface area (Å²) in [6.07, 6.45) is 3.70. The third-order valence-corrected chi connectivity index (χ3v) is 3.86. The van der Waals surface area contributed by atoms with E-state index >= 15 is 0 Å². The van der Waals surface area contributed by atoms with Crippen molar-refractivity contribution in [2.24, 2.45) is 0 Å². The quantitative estimate of drug-likeness (QED) is 0.532. The molecule has 0 radical (unpaired) electrons. The zero-order valence-corrected chi connectivity index (χ0v) is 11.4. The number of nitro benzene ring substituents is 1. The zero-order valence-electron chi connectivity index (χ0n) is 10.6. The molecule has 0 spiro atoms. The van der Waals surface area contributed by atoms with Crippen molar-refractivity contribution >= 4 is 40.3 Å². The highest BCUT2D eigenvalue weighted by molar-refractivity contribution is 7.11. The predicted octanol–water partition coefficient (Wildman–Crippen LogP) is 4.28. The molecule has 0 aliphatic rings. The van der Waals surface area contributed by atoms with Crippen molar-refractivity contribution in [1.29, 1.82) is 0 Å². The third kappa shape index (κ3) is 2.33. The van der Waals surface area contributed by atoms with Gasteiger partial charge in [0, 0.05) is 23.1 Å². The first kappa shape index (κ1) is 12.6. The minimum Gasteiger partial charge on any atom is -0.437 e. The summed E-state index contributed by atoms with van der Waals surface area (Å²) in [4.78, 5) is 15.6. The predicted molar refractivity (Wildman–Crippen MR) is 78.6 cm³/mol. The average molecular weight is 286 g/mol. The maximum atomic E-state index is 10.7. The van der Waals surface area contributed by atoms with Gasteiger partial charge >= 0.3 is 0 Å². The number of hydrogen-bond acceptors (Lipinski definition) is 5. The van der Waals surface area contributed by atoms with E-state index < -0.39 is 4.92 Å². The lowest BCUT2D eigenvalue weighted by molar-refractivity contribution is -0.384. The van der Waals surface area contributed by atoms with Crippen molar-refractivity contribution in [3.63, 3.8) is 0 Å². The number of nitro groups is 1. The van der Waals surface area contributed by atoms with Crippen molar-refractivity contribution in [3.05, 3.63) is 56.1 Å². The van der Waals surface area contributed by atoms with Gasteiger partial charge in [-0.25, -0.2) is 4.98 Å². The van der Waals surface area contributed by atoms with Gasteiger partial charge in [0.15, 0.2) is 5.58 Å². The molecule has 0 saturated heterocycles. The molecule has 3 rings (SSSR count). The molecule has 0 unspecified atom stereocenters. The largest absolute Gasteiger partial charge is 0.437 e. The number of hydrogen-bond donors (Lipinski definition) is 0. The summed E-state index contributed by atoms with van der Waals surface area (Å²) < 4.78 is 5.53. The summed E-state index contributed by atoms with van der Waals surface area (Å²) in [5.74, 6) is 0.438. The molecule has 0 aliphatic heterocycles. The van der Waals surface area contributed by atoms with Crippen LogP contribution in [0.2, 0.25) is 0 Å². The van der Waals surface area contributed by atoms with Crippen LogP contribution in [0.1, 0.15) is 16.3 Å². The van der Waals surface area contributed by atoms with E-state index in [0.717, 1.165) is 4.88 Å². The normalized spacial score (nSPS) is 11.4. The number of nitrogens with zero attached hydrogens (tertiary/aromatic N) is 2. The molecule has 3 aromatic rings. The highest BCUT2D eigenvalue weighted by Gasteiger charge is 2.10. The minimum atomic E-state index is -0.446. The lowest BCUT2D eigenvalue weighted by Gasteiger charge is -1.88. The first-order chi connectivity index (χ1) is 9.63. The number of benzene rings is 1. The van der Waals surface area contributed by atoms with Gasteiger partial charge in [-0.3, -0.25) is 10.1 Å². The first-order valence-electron chi connectivity index (χ1n) is 5.90. The fraction of sp³-hybridized carbons (Fsp3) is 0.0714. The molecule has 0 bridgehead atoms. The summed E-state index contributed by atoms with van der Waals surface area (Å²) in [6.45, 7) is 2.03. The molecule has 2 aromatic heterocycles. The van der Waals surface area contributed by atoms with Gasteiger partial charge in [-0.2, -0.15) is 0 Å². The van der Waals surface area contributed by atoms with Crippen LogP contribution in [-0.4, -0.2) is 9.91 Å². The molecule has 1 aromatic carbocycles. The van der Waals surface area contributed by atoms with Crippen molar-refractivity contribution in [1.82, 2.24) is 4.98 Å². The van der Waals surface area contributed by atoms with E-state index in [1.165, 1.54) is 17.7 Å². The van der Waals surface area contributed by atoms with Crippen LogP contribution in [0.25, 0.3) is 23.3 Å². The topological polar surface area (TPSA) is 69.2 Å². The Balaban J connectivity index is 1.95. The van der Waals surface area contributed by atoms with Gasteiger partial charge in [-0.05, 0) is 36.1 Å². The van der Waals surface area contributed by atoms with E-state index in [2.05, 4.69) is 4.98 Å². The van der Waals surface area contributed by atoms with Gasteiger partial charge in [0.2, 0.25) is 5.89 Å². The molecular weight excluding hydrogens is 276 g/mol. The van der Waals surface area contributed by atoms with E-state index in [0.29, 0.717) is 17.0 Å². The van der Waals surface area contributed by atoms with Crippen LogP contribution >= 0.6 is 11.3 Å². The van der Waals surface area contributed by atoms with Gasteiger partial charge in [-0.1, -0.05) is 0 Å². The Bertz CT molecular complexity index is 817. The second-order valence-corrected chi connectivity index (χ2v) is 5.21. The Morgan fingerprint density at radius 2 is 2.20 bits per heavy atom. The maximum Gasteiger partial charge on any atom is 0.271 e. The summed E-state index contributed by atoms with van der Waals surface area (Å²) in [6, 6.07) is 6.42.